The van der Waals surface area contributed by atoms with Crippen molar-refractivity contribution < 1.29 is 9.90 Å². The monoisotopic (exact) mass is 188 g/mol. The number of aliphatic carboxylic acids is 1. The fourth-order valence-corrected chi connectivity index (χ4v) is 1.73. The summed E-state index contributed by atoms with van der Waals surface area (Å²) >= 11 is 0. The molecule has 2 aliphatic carbocycles. The summed E-state index contributed by atoms with van der Waals surface area (Å²) in [4.78, 5) is 10.8. The van der Waals surface area contributed by atoms with Crippen molar-refractivity contribution in [2.75, 3.05) is 0 Å². The minimum absolute atomic E-state index is 0.357. The lowest BCUT2D eigenvalue weighted by molar-refractivity contribution is -0.140. The Balaban J connectivity index is 2.27. The second-order valence-corrected chi connectivity index (χ2v) is 3.53. The highest BCUT2D eigenvalue weighted by Gasteiger charge is 2.19. The van der Waals surface area contributed by atoms with E-state index in [1.807, 2.05) is 12.2 Å². The van der Waals surface area contributed by atoms with Gasteiger partial charge >= 0.3 is 5.97 Å². The lowest BCUT2D eigenvalue weighted by Gasteiger charge is -2.15. The molecular formula is C12H12O2. The standard InChI is InChI=1S/C12H12O2/c13-12(14)11-7-6-9-4-2-1-3-5-10(9)8-11/h2-7,11H,1,8H2,(H,13,14). The van der Waals surface area contributed by atoms with Crippen LogP contribution in [0, 0.1) is 5.92 Å². The summed E-state index contributed by atoms with van der Waals surface area (Å²) in [6.07, 6.45) is 13.5. The van der Waals surface area contributed by atoms with Crippen molar-refractivity contribution in [1.82, 2.24) is 0 Å². The van der Waals surface area contributed by atoms with Gasteiger partial charge in [0.1, 0.15) is 0 Å². The van der Waals surface area contributed by atoms with E-state index in [-0.39, 0.29) is 5.92 Å². The van der Waals surface area contributed by atoms with Gasteiger partial charge in [-0.15, -0.1) is 0 Å². The lowest BCUT2D eigenvalue weighted by Crippen LogP contribution is -2.14. The third kappa shape index (κ3) is 1.69. The van der Waals surface area contributed by atoms with Crippen molar-refractivity contribution >= 4 is 5.97 Å². The van der Waals surface area contributed by atoms with E-state index >= 15 is 0 Å². The van der Waals surface area contributed by atoms with E-state index in [1.54, 1.807) is 6.08 Å². The zero-order valence-electron chi connectivity index (χ0n) is 7.81. The topological polar surface area (TPSA) is 37.3 Å². The zero-order chi connectivity index (χ0) is 9.97. The summed E-state index contributed by atoms with van der Waals surface area (Å²) in [6.45, 7) is 0. The van der Waals surface area contributed by atoms with Crippen molar-refractivity contribution in [2.45, 2.75) is 12.8 Å². The Morgan fingerprint density at radius 1 is 1.29 bits per heavy atom. The van der Waals surface area contributed by atoms with Gasteiger partial charge < -0.3 is 5.11 Å². The van der Waals surface area contributed by atoms with Crippen LogP contribution >= 0.6 is 0 Å². The Hall–Kier alpha value is -1.57. The fourth-order valence-electron chi connectivity index (χ4n) is 1.73. The Labute approximate surface area is 82.9 Å². The van der Waals surface area contributed by atoms with Crippen LogP contribution in [-0.4, -0.2) is 11.1 Å². The SMILES string of the molecule is O=C(O)C1C=CC2=C(C=CCC=C2)C1. The predicted octanol–water partition coefficient (Wildman–Crippen LogP) is 2.46. The van der Waals surface area contributed by atoms with Crippen molar-refractivity contribution in [3.63, 3.8) is 0 Å². The van der Waals surface area contributed by atoms with Gasteiger partial charge in [-0.25, -0.2) is 0 Å². The molecule has 0 aromatic heterocycles. The van der Waals surface area contributed by atoms with Crippen molar-refractivity contribution in [3.05, 3.63) is 47.6 Å². The van der Waals surface area contributed by atoms with Crippen LogP contribution < -0.4 is 0 Å². The lowest BCUT2D eigenvalue weighted by atomic mass is 9.90. The van der Waals surface area contributed by atoms with E-state index < -0.39 is 5.97 Å². The summed E-state index contributed by atoms with van der Waals surface area (Å²) in [5, 5.41) is 8.88. The van der Waals surface area contributed by atoms with Gasteiger partial charge in [0.25, 0.3) is 0 Å². The molecule has 0 fully saturated rings. The largest absolute Gasteiger partial charge is 0.481 e. The molecule has 2 rings (SSSR count). The molecule has 0 spiro atoms. The van der Waals surface area contributed by atoms with Gasteiger partial charge in [-0.2, -0.15) is 0 Å². The molecule has 2 aliphatic rings. The molecule has 1 N–H and O–H groups in total. The average molecular weight is 188 g/mol. The van der Waals surface area contributed by atoms with Crippen LogP contribution in [0.2, 0.25) is 0 Å². The summed E-state index contributed by atoms with van der Waals surface area (Å²) in [6, 6.07) is 0. The van der Waals surface area contributed by atoms with E-state index in [9.17, 15) is 4.79 Å². The molecule has 1 unspecified atom stereocenters. The van der Waals surface area contributed by atoms with Gasteiger partial charge in [0, 0.05) is 0 Å². The van der Waals surface area contributed by atoms with Crippen LogP contribution in [0.4, 0.5) is 0 Å². The summed E-state index contributed by atoms with van der Waals surface area (Å²) in [7, 11) is 0. The molecule has 0 aliphatic heterocycles. The molecule has 0 amide bonds. The molecule has 1 atom stereocenters. The number of hydrogen-bond acceptors (Lipinski definition) is 1. The van der Waals surface area contributed by atoms with E-state index in [2.05, 4.69) is 18.2 Å². The molecule has 0 heterocycles. The van der Waals surface area contributed by atoms with Gasteiger partial charge in [-0.1, -0.05) is 36.5 Å². The zero-order valence-corrected chi connectivity index (χ0v) is 7.81. The fraction of sp³-hybridized carbons (Fsp3) is 0.250. The van der Waals surface area contributed by atoms with Gasteiger partial charge in [-0.3, -0.25) is 4.79 Å². The highest BCUT2D eigenvalue weighted by molar-refractivity contribution is 5.74. The second-order valence-electron chi connectivity index (χ2n) is 3.53. The third-order valence-electron chi connectivity index (χ3n) is 2.52. The maximum atomic E-state index is 10.8. The normalized spacial score (nSPS) is 24.7. The second kappa shape index (κ2) is 3.66. The van der Waals surface area contributed by atoms with Gasteiger partial charge in [0.15, 0.2) is 0 Å². The third-order valence-corrected chi connectivity index (χ3v) is 2.52. The number of rotatable bonds is 1. The number of hydrogen-bond donors (Lipinski definition) is 1. The Bertz CT molecular complexity index is 370. The maximum absolute atomic E-state index is 10.8. The first-order valence-electron chi connectivity index (χ1n) is 4.74. The van der Waals surface area contributed by atoms with Crippen molar-refractivity contribution in [3.8, 4) is 0 Å². The average Bonchev–Trinajstić information content (AvgIpc) is 2.41. The number of allylic oxidation sites excluding steroid dienone is 7. The van der Waals surface area contributed by atoms with Crippen LogP contribution in [0.1, 0.15) is 12.8 Å². The summed E-state index contributed by atoms with van der Waals surface area (Å²) in [5.74, 6) is -1.10. The molecule has 0 radical (unpaired) electrons. The van der Waals surface area contributed by atoms with Crippen LogP contribution in [0.15, 0.2) is 47.6 Å². The maximum Gasteiger partial charge on any atom is 0.310 e. The van der Waals surface area contributed by atoms with Crippen LogP contribution in [0.25, 0.3) is 0 Å². The Kier molecular flexibility index (Phi) is 2.35. The van der Waals surface area contributed by atoms with Gasteiger partial charge in [-0.05, 0) is 24.0 Å². The smallest absolute Gasteiger partial charge is 0.310 e. The van der Waals surface area contributed by atoms with Crippen molar-refractivity contribution in [1.29, 1.82) is 0 Å². The van der Waals surface area contributed by atoms with Gasteiger partial charge in [0.05, 0.1) is 5.92 Å². The first kappa shape index (κ1) is 9.00. The minimum Gasteiger partial charge on any atom is -0.481 e. The summed E-state index contributed by atoms with van der Waals surface area (Å²) in [5.41, 5.74) is 2.28. The molecular weight excluding hydrogens is 176 g/mol. The van der Waals surface area contributed by atoms with Crippen LogP contribution in [-0.2, 0) is 4.79 Å². The molecule has 2 nitrogen and oxygen atoms in total. The van der Waals surface area contributed by atoms with Crippen LogP contribution in [0.5, 0.6) is 0 Å². The molecule has 72 valence electrons. The Morgan fingerprint density at radius 3 is 2.86 bits per heavy atom. The van der Waals surface area contributed by atoms with E-state index in [1.165, 1.54) is 0 Å². The van der Waals surface area contributed by atoms with Crippen molar-refractivity contribution in [2.24, 2.45) is 5.92 Å². The van der Waals surface area contributed by atoms with E-state index in [0.29, 0.717) is 6.42 Å². The molecule has 0 saturated heterocycles. The highest BCUT2D eigenvalue weighted by Crippen LogP contribution is 2.27. The Morgan fingerprint density at radius 2 is 2.07 bits per heavy atom. The van der Waals surface area contributed by atoms with Crippen LogP contribution in [0.3, 0.4) is 0 Å². The molecule has 2 heteroatoms. The van der Waals surface area contributed by atoms with E-state index in [0.717, 1.165) is 17.6 Å². The molecule has 0 bridgehead atoms. The number of carboxylic acids is 1. The summed E-state index contributed by atoms with van der Waals surface area (Å²) < 4.78 is 0. The predicted molar refractivity (Wildman–Crippen MR) is 54.8 cm³/mol. The minimum atomic E-state index is -0.741. The van der Waals surface area contributed by atoms with Gasteiger partial charge in [0.2, 0.25) is 0 Å². The molecule has 0 aromatic rings. The first-order valence-corrected chi connectivity index (χ1v) is 4.74. The highest BCUT2D eigenvalue weighted by atomic mass is 16.4. The number of carboxylic acid groups (broad SMARTS) is 1. The molecule has 0 aromatic carbocycles. The molecule has 14 heavy (non-hydrogen) atoms. The quantitative estimate of drug-likeness (QED) is 0.686. The molecule has 0 saturated carbocycles. The number of carbonyl (C=O) groups is 1. The first-order chi connectivity index (χ1) is 6.77. The van der Waals surface area contributed by atoms with E-state index in [4.69, 9.17) is 5.11 Å².